The predicted molar refractivity (Wildman–Crippen MR) is 70.1 cm³/mol. The molecule has 4 heteroatoms. The van der Waals surface area contributed by atoms with Crippen LogP contribution in [-0.4, -0.2) is 18.0 Å². The monoisotopic (exact) mass is 233 g/mol. The predicted octanol–water partition coefficient (Wildman–Crippen LogP) is 1.70. The van der Waals surface area contributed by atoms with E-state index in [-0.39, 0.29) is 5.91 Å². The van der Waals surface area contributed by atoms with E-state index in [0.717, 1.165) is 16.9 Å². The maximum absolute atomic E-state index is 12.3. The second-order valence-electron chi connectivity index (χ2n) is 4.86. The van der Waals surface area contributed by atoms with Gasteiger partial charge in [0.05, 0.1) is 11.4 Å². The Balaban J connectivity index is 2.53. The standard InChI is InChI=1S/C13H19N3O/c1-4-16-11-7-9(8-14)5-6-10(11)15-13(2,3)12(16)17/h5-7,15H,4,8,14H2,1-3H3. The van der Waals surface area contributed by atoms with Crippen molar-refractivity contribution in [3.05, 3.63) is 23.8 Å². The highest BCUT2D eigenvalue weighted by molar-refractivity contribution is 6.07. The summed E-state index contributed by atoms with van der Waals surface area (Å²) in [5, 5.41) is 3.27. The van der Waals surface area contributed by atoms with Gasteiger partial charge in [0.1, 0.15) is 5.54 Å². The first-order valence-electron chi connectivity index (χ1n) is 5.92. The maximum Gasteiger partial charge on any atom is 0.252 e. The highest BCUT2D eigenvalue weighted by Gasteiger charge is 2.37. The molecule has 0 bridgehead atoms. The van der Waals surface area contributed by atoms with E-state index in [9.17, 15) is 4.79 Å². The Morgan fingerprint density at radius 3 is 2.71 bits per heavy atom. The molecule has 0 saturated carbocycles. The summed E-state index contributed by atoms with van der Waals surface area (Å²) in [4.78, 5) is 14.1. The zero-order valence-electron chi connectivity index (χ0n) is 10.6. The summed E-state index contributed by atoms with van der Waals surface area (Å²) in [5.41, 5.74) is 8.05. The second kappa shape index (κ2) is 4.04. The normalized spacial score (nSPS) is 17.6. The molecule has 3 N–H and O–H groups in total. The third-order valence-corrected chi connectivity index (χ3v) is 3.13. The molecule has 0 fully saturated rings. The van der Waals surface area contributed by atoms with Crippen LogP contribution < -0.4 is 16.0 Å². The first kappa shape index (κ1) is 11.9. The summed E-state index contributed by atoms with van der Waals surface area (Å²) < 4.78 is 0. The van der Waals surface area contributed by atoms with Crippen LogP contribution in [0.3, 0.4) is 0 Å². The largest absolute Gasteiger partial charge is 0.370 e. The minimum atomic E-state index is -0.548. The van der Waals surface area contributed by atoms with E-state index in [1.165, 1.54) is 0 Å². The van der Waals surface area contributed by atoms with Crippen molar-refractivity contribution in [1.82, 2.24) is 0 Å². The Hall–Kier alpha value is -1.55. The van der Waals surface area contributed by atoms with Gasteiger partial charge in [0.25, 0.3) is 5.91 Å². The van der Waals surface area contributed by atoms with Gasteiger partial charge in [-0.15, -0.1) is 0 Å². The van der Waals surface area contributed by atoms with Crippen molar-refractivity contribution >= 4 is 17.3 Å². The molecule has 0 spiro atoms. The number of fused-ring (bicyclic) bond motifs is 1. The van der Waals surface area contributed by atoms with Gasteiger partial charge in [-0.05, 0) is 38.5 Å². The molecular formula is C13H19N3O. The van der Waals surface area contributed by atoms with Gasteiger partial charge in [-0.3, -0.25) is 4.79 Å². The maximum atomic E-state index is 12.3. The molecule has 0 radical (unpaired) electrons. The highest BCUT2D eigenvalue weighted by atomic mass is 16.2. The van der Waals surface area contributed by atoms with Crippen molar-refractivity contribution in [3.63, 3.8) is 0 Å². The molecule has 1 aliphatic rings. The Morgan fingerprint density at radius 1 is 1.41 bits per heavy atom. The fourth-order valence-corrected chi connectivity index (χ4v) is 2.18. The molecule has 0 atom stereocenters. The highest BCUT2D eigenvalue weighted by Crippen LogP contribution is 2.35. The van der Waals surface area contributed by atoms with Gasteiger partial charge in [0.15, 0.2) is 0 Å². The van der Waals surface area contributed by atoms with Crippen LogP contribution in [0.2, 0.25) is 0 Å². The lowest BCUT2D eigenvalue weighted by atomic mass is 9.97. The molecule has 0 aliphatic carbocycles. The van der Waals surface area contributed by atoms with Crippen molar-refractivity contribution in [1.29, 1.82) is 0 Å². The number of rotatable bonds is 2. The number of amides is 1. The van der Waals surface area contributed by atoms with Gasteiger partial charge < -0.3 is 16.0 Å². The molecule has 1 amide bonds. The SMILES string of the molecule is CCN1C(=O)C(C)(C)Nc2ccc(CN)cc21. The first-order valence-corrected chi connectivity index (χ1v) is 5.92. The minimum absolute atomic E-state index is 0.0988. The van der Waals surface area contributed by atoms with Gasteiger partial charge in [-0.2, -0.15) is 0 Å². The summed E-state index contributed by atoms with van der Waals surface area (Å²) >= 11 is 0. The third-order valence-electron chi connectivity index (χ3n) is 3.13. The number of benzene rings is 1. The number of hydrogen-bond donors (Lipinski definition) is 2. The lowest BCUT2D eigenvalue weighted by Crippen LogP contribution is -2.53. The number of nitrogens with zero attached hydrogens (tertiary/aromatic N) is 1. The smallest absolute Gasteiger partial charge is 0.252 e. The molecule has 0 aromatic heterocycles. The van der Waals surface area contributed by atoms with Gasteiger partial charge in [-0.25, -0.2) is 0 Å². The Bertz CT molecular complexity index is 454. The fraction of sp³-hybridized carbons (Fsp3) is 0.462. The van der Waals surface area contributed by atoms with Gasteiger partial charge in [0, 0.05) is 13.1 Å². The summed E-state index contributed by atoms with van der Waals surface area (Å²) in [6, 6.07) is 5.97. The Kier molecular flexibility index (Phi) is 2.83. The molecule has 1 aliphatic heterocycles. The van der Waals surface area contributed by atoms with Crippen LogP contribution in [0.5, 0.6) is 0 Å². The zero-order valence-corrected chi connectivity index (χ0v) is 10.6. The van der Waals surface area contributed by atoms with E-state index < -0.39 is 5.54 Å². The summed E-state index contributed by atoms with van der Waals surface area (Å²) in [7, 11) is 0. The molecule has 17 heavy (non-hydrogen) atoms. The number of carbonyl (C=O) groups is 1. The number of likely N-dealkylation sites (N-methyl/N-ethyl adjacent to an activating group) is 1. The molecule has 0 unspecified atom stereocenters. The van der Waals surface area contributed by atoms with Crippen LogP contribution in [0.25, 0.3) is 0 Å². The van der Waals surface area contributed by atoms with Crippen molar-refractivity contribution in [2.75, 3.05) is 16.8 Å². The van der Waals surface area contributed by atoms with Crippen molar-refractivity contribution in [3.8, 4) is 0 Å². The van der Waals surface area contributed by atoms with Gasteiger partial charge in [0.2, 0.25) is 0 Å². The summed E-state index contributed by atoms with van der Waals surface area (Å²) in [6.07, 6.45) is 0. The Labute approximate surface area is 102 Å². The van der Waals surface area contributed by atoms with Gasteiger partial charge in [-0.1, -0.05) is 6.07 Å². The molecule has 1 aromatic rings. The van der Waals surface area contributed by atoms with Crippen molar-refractivity contribution in [2.24, 2.45) is 5.73 Å². The average Bonchev–Trinajstić information content (AvgIpc) is 2.30. The molecule has 0 saturated heterocycles. The van der Waals surface area contributed by atoms with Crippen LogP contribution in [-0.2, 0) is 11.3 Å². The second-order valence-corrected chi connectivity index (χ2v) is 4.86. The number of nitrogens with one attached hydrogen (secondary N) is 1. The van der Waals surface area contributed by atoms with Crippen LogP contribution >= 0.6 is 0 Å². The van der Waals surface area contributed by atoms with E-state index in [1.807, 2.05) is 43.9 Å². The van der Waals surface area contributed by atoms with Crippen molar-refractivity contribution in [2.45, 2.75) is 32.9 Å². The van der Waals surface area contributed by atoms with E-state index >= 15 is 0 Å². The number of nitrogens with two attached hydrogens (primary N) is 1. The Morgan fingerprint density at radius 2 is 2.12 bits per heavy atom. The quantitative estimate of drug-likeness (QED) is 0.817. The number of hydrogen-bond acceptors (Lipinski definition) is 3. The zero-order chi connectivity index (χ0) is 12.6. The average molecular weight is 233 g/mol. The van der Waals surface area contributed by atoms with E-state index in [2.05, 4.69) is 5.32 Å². The van der Waals surface area contributed by atoms with Crippen molar-refractivity contribution < 1.29 is 4.79 Å². The topological polar surface area (TPSA) is 58.4 Å². The lowest BCUT2D eigenvalue weighted by Gasteiger charge is -2.39. The molecule has 4 nitrogen and oxygen atoms in total. The van der Waals surface area contributed by atoms with Gasteiger partial charge >= 0.3 is 0 Å². The van der Waals surface area contributed by atoms with Crippen LogP contribution in [0.4, 0.5) is 11.4 Å². The minimum Gasteiger partial charge on any atom is -0.370 e. The van der Waals surface area contributed by atoms with Crippen LogP contribution in [0, 0.1) is 0 Å². The summed E-state index contributed by atoms with van der Waals surface area (Å²) in [5.74, 6) is 0.0988. The van der Waals surface area contributed by atoms with E-state index in [0.29, 0.717) is 13.1 Å². The molecular weight excluding hydrogens is 214 g/mol. The fourth-order valence-electron chi connectivity index (χ4n) is 2.18. The molecule has 1 aromatic carbocycles. The van der Waals surface area contributed by atoms with Crippen LogP contribution in [0.15, 0.2) is 18.2 Å². The molecule has 92 valence electrons. The van der Waals surface area contributed by atoms with Crippen LogP contribution in [0.1, 0.15) is 26.3 Å². The summed E-state index contributed by atoms with van der Waals surface area (Å²) in [6.45, 7) is 6.95. The number of carbonyl (C=O) groups excluding carboxylic acids is 1. The molecule has 1 heterocycles. The third kappa shape index (κ3) is 1.89. The number of anilines is 2. The molecule has 2 rings (SSSR count). The lowest BCUT2D eigenvalue weighted by molar-refractivity contribution is -0.122. The van der Waals surface area contributed by atoms with E-state index in [1.54, 1.807) is 0 Å². The first-order chi connectivity index (χ1) is 7.99. The van der Waals surface area contributed by atoms with E-state index in [4.69, 9.17) is 5.73 Å².